The first kappa shape index (κ1) is 23.7. The van der Waals surface area contributed by atoms with Crippen molar-refractivity contribution < 1.29 is 9.59 Å². The van der Waals surface area contributed by atoms with E-state index in [9.17, 15) is 9.59 Å². The molecule has 1 N–H and O–H groups in total. The summed E-state index contributed by atoms with van der Waals surface area (Å²) in [5.74, 6) is -0.191. The van der Waals surface area contributed by atoms with Crippen LogP contribution in [0, 0.1) is 0 Å². The van der Waals surface area contributed by atoms with Crippen molar-refractivity contribution in [1.82, 2.24) is 4.90 Å². The van der Waals surface area contributed by atoms with Crippen LogP contribution in [0.2, 0.25) is 0 Å². The normalized spacial score (nSPS) is 14.8. The van der Waals surface area contributed by atoms with Gasteiger partial charge in [-0.05, 0) is 41.3 Å². The lowest BCUT2D eigenvalue weighted by Gasteiger charge is -2.14. The number of benzene rings is 3. The van der Waals surface area contributed by atoms with Gasteiger partial charge in [0.05, 0.1) is 4.91 Å². The van der Waals surface area contributed by atoms with Gasteiger partial charge in [0.1, 0.15) is 4.32 Å². The van der Waals surface area contributed by atoms with Crippen LogP contribution in [0.25, 0.3) is 17.2 Å². The van der Waals surface area contributed by atoms with Crippen LogP contribution in [0.1, 0.15) is 18.4 Å². The third-order valence-electron chi connectivity index (χ3n) is 5.27. The predicted molar refractivity (Wildman–Crippen MR) is 145 cm³/mol. The lowest BCUT2D eigenvalue weighted by atomic mass is 10.1. The highest BCUT2D eigenvalue weighted by Crippen LogP contribution is 2.31. The average Bonchev–Trinajstić information content (AvgIpc) is 3.13. The number of allylic oxidation sites excluding steroid dienone is 2. The van der Waals surface area contributed by atoms with Crippen molar-refractivity contribution >= 4 is 51.9 Å². The minimum Gasteiger partial charge on any atom is -0.326 e. The smallest absolute Gasteiger partial charge is 0.266 e. The van der Waals surface area contributed by atoms with Gasteiger partial charge in [-0.3, -0.25) is 14.5 Å². The van der Waals surface area contributed by atoms with Crippen molar-refractivity contribution in [2.75, 3.05) is 11.9 Å². The molecule has 170 valence electrons. The molecule has 0 aliphatic carbocycles. The third kappa shape index (κ3) is 6.31. The fourth-order valence-corrected chi connectivity index (χ4v) is 4.78. The van der Waals surface area contributed by atoms with E-state index in [1.54, 1.807) is 11.0 Å². The van der Waals surface area contributed by atoms with E-state index in [1.807, 2.05) is 84.9 Å². The summed E-state index contributed by atoms with van der Waals surface area (Å²) in [6.07, 6.45) is 6.44. The number of thioether (sulfide) groups is 1. The number of amides is 2. The Hall–Kier alpha value is -3.48. The van der Waals surface area contributed by atoms with Gasteiger partial charge in [0.25, 0.3) is 5.91 Å². The largest absolute Gasteiger partial charge is 0.326 e. The van der Waals surface area contributed by atoms with Crippen LogP contribution in [0.4, 0.5) is 5.69 Å². The van der Waals surface area contributed by atoms with Crippen molar-refractivity contribution in [2.24, 2.45) is 0 Å². The third-order valence-corrected chi connectivity index (χ3v) is 6.67. The first-order valence-corrected chi connectivity index (χ1v) is 12.2. The zero-order chi connectivity index (χ0) is 23.8. The molecule has 4 nitrogen and oxygen atoms in total. The van der Waals surface area contributed by atoms with Crippen LogP contribution in [-0.4, -0.2) is 27.6 Å². The molecule has 0 spiro atoms. The highest BCUT2D eigenvalue weighted by Gasteiger charge is 2.31. The number of anilines is 1. The van der Waals surface area contributed by atoms with E-state index in [2.05, 4.69) is 17.4 Å². The van der Waals surface area contributed by atoms with Gasteiger partial charge in [-0.25, -0.2) is 0 Å². The monoisotopic (exact) mass is 484 g/mol. The number of hydrogen-bond donors (Lipinski definition) is 1. The van der Waals surface area contributed by atoms with Gasteiger partial charge in [-0.1, -0.05) is 109 Å². The van der Waals surface area contributed by atoms with E-state index in [0.29, 0.717) is 28.6 Å². The van der Waals surface area contributed by atoms with Gasteiger partial charge < -0.3 is 5.32 Å². The van der Waals surface area contributed by atoms with E-state index in [0.717, 1.165) is 22.4 Å². The van der Waals surface area contributed by atoms with Crippen LogP contribution < -0.4 is 5.32 Å². The fourth-order valence-electron chi connectivity index (χ4n) is 3.52. The second-order valence-corrected chi connectivity index (χ2v) is 9.40. The number of nitrogens with one attached hydrogen (secondary N) is 1. The van der Waals surface area contributed by atoms with E-state index in [-0.39, 0.29) is 11.8 Å². The first-order chi connectivity index (χ1) is 16.6. The van der Waals surface area contributed by atoms with Gasteiger partial charge in [0.15, 0.2) is 0 Å². The molecule has 0 bridgehead atoms. The number of thiocarbonyl (C=S) groups is 1. The summed E-state index contributed by atoms with van der Waals surface area (Å²) < 4.78 is 0.529. The second kappa shape index (κ2) is 11.6. The summed E-state index contributed by atoms with van der Waals surface area (Å²) in [7, 11) is 0. The lowest BCUT2D eigenvalue weighted by molar-refractivity contribution is -0.122. The Morgan fingerprint density at radius 1 is 0.912 bits per heavy atom. The van der Waals surface area contributed by atoms with Crippen LogP contribution in [0.15, 0.2) is 102 Å². The Bertz CT molecular complexity index is 1220. The van der Waals surface area contributed by atoms with E-state index >= 15 is 0 Å². The highest BCUT2D eigenvalue weighted by atomic mass is 32.2. The number of carbonyl (C=O) groups excluding carboxylic acids is 2. The van der Waals surface area contributed by atoms with Crippen LogP contribution in [-0.2, 0) is 9.59 Å². The van der Waals surface area contributed by atoms with E-state index in [1.165, 1.54) is 11.8 Å². The number of nitrogens with zero attached hydrogens (tertiary/aromatic N) is 1. The molecular formula is C28H24N2O2S2. The molecule has 1 fully saturated rings. The summed E-state index contributed by atoms with van der Waals surface area (Å²) in [5.41, 5.74) is 4.05. The maximum atomic E-state index is 12.7. The Morgan fingerprint density at radius 2 is 1.56 bits per heavy atom. The molecule has 1 aliphatic rings. The van der Waals surface area contributed by atoms with Crippen LogP contribution in [0.5, 0.6) is 0 Å². The Balaban J connectivity index is 1.24. The molecule has 1 aliphatic heterocycles. The Labute approximate surface area is 209 Å². The molecule has 4 rings (SSSR count). The van der Waals surface area contributed by atoms with Crippen molar-refractivity contribution in [1.29, 1.82) is 0 Å². The van der Waals surface area contributed by atoms with Gasteiger partial charge in [0.2, 0.25) is 5.91 Å². The minimum absolute atomic E-state index is 0.0840. The standard InChI is InChI=1S/C28H24N2O2S2/c31-26(29-24-18-16-23(17-19-24)22-12-5-2-6-13-22)15-8-20-30-27(32)25(34-28(30)33)14-7-11-21-9-3-1-4-10-21/h1-7,9-14,16-19H,8,15,20H2,(H,29,31)/b11-7+,25-14-. The summed E-state index contributed by atoms with van der Waals surface area (Å²) in [6, 6.07) is 27.8. The molecule has 0 radical (unpaired) electrons. The zero-order valence-corrected chi connectivity index (χ0v) is 20.1. The second-order valence-electron chi connectivity index (χ2n) is 7.72. The molecule has 0 atom stereocenters. The zero-order valence-electron chi connectivity index (χ0n) is 18.5. The molecule has 6 heteroatoms. The number of rotatable bonds is 8. The molecular weight excluding hydrogens is 460 g/mol. The fraction of sp³-hybridized carbons (Fsp3) is 0.107. The van der Waals surface area contributed by atoms with Crippen LogP contribution >= 0.6 is 24.0 Å². The van der Waals surface area contributed by atoms with Gasteiger partial charge >= 0.3 is 0 Å². The predicted octanol–water partition coefficient (Wildman–Crippen LogP) is 6.53. The lowest BCUT2D eigenvalue weighted by Crippen LogP contribution is -2.29. The average molecular weight is 485 g/mol. The molecule has 0 unspecified atom stereocenters. The molecule has 34 heavy (non-hydrogen) atoms. The SMILES string of the molecule is O=C(CCCN1C(=O)/C(=C/C=C/c2ccccc2)SC1=S)Nc1ccc(-c2ccccc2)cc1. The summed E-state index contributed by atoms with van der Waals surface area (Å²) in [6.45, 7) is 0.421. The highest BCUT2D eigenvalue weighted by molar-refractivity contribution is 8.26. The minimum atomic E-state index is -0.107. The summed E-state index contributed by atoms with van der Waals surface area (Å²) >= 11 is 6.67. The van der Waals surface area contributed by atoms with Gasteiger partial charge in [-0.2, -0.15) is 0 Å². The molecule has 0 saturated carbocycles. The van der Waals surface area contributed by atoms with Crippen molar-refractivity contribution in [3.05, 3.63) is 108 Å². The van der Waals surface area contributed by atoms with Gasteiger partial charge in [0, 0.05) is 18.7 Å². The molecule has 1 saturated heterocycles. The van der Waals surface area contributed by atoms with E-state index < -0.39 is 0 Å². The van der Waals surface area contributed by atoms with Gasteiger partial charge in [-0.15, -0.1) is 0 Å². The van der Waals surface area contributed by atoms with Crippen molar-refractivity contribution in [2.45, 2.75) is 12.8 Å². The number of hydrogen-bond acceptors (Lipinski definition) is 4. The molecule has 3 aromatic carbocycles. The molecule has 0 aromatic heterocycles. The topological polar surface area (TPSA) is 49.4 Å². The van der Waals surface area contributed by atoms with Crippen LogP contribution in [0.3, 0.4) is 0 Å². The quantitative estimate of drug-likeness (QED) is 0.292. The van der Waals surface area contributed by atoms with E-state index in [4.69, 9.17) is 12.2 Å². The number of carbonyl (C=O) groups is 2. The molecule has 2 amide bonds. The first-order valence-electron chi connectivity index (χ1n) is 11.0. The maximum Gasteiger partial charge on any atom is 0.266 e. The summed E-state index contributed by atoms with van der Waals surface area (Å²) in [5, 5.41) is 2.92. The Morgan fingerprint density at radius 3 is 2.26 bits per heavy atom. The van der Waals surface area contributed by atoms with Crippen molar-refractivity contribution in [3.63, 3.8) is 0 Å². The molecule has 3 aromatic rings. The van der Waals surface area contributed by atoms with Crippen molar-refractivity contribution in [3.8, 4) is 11.1 Å². The maximum absolute atomic E-state index is 12.7. The summed E-state index contributed by atoms with van der Waals surface area (Å²) in [4.78, 5) is 27.2. The Kier molecular flexibility index (Phi) is 8.07. The molecule has 1 heterocycles.